The van der Waals surface area contributed by atoms with Crippen LogP contribution in [0.5, 0.6) is 0 Å². The van der Waals surface area contributed by atoms with Crippen LogP contribution in [0.15, 0.2) is 47.6 Å². The molecule has 0 fully saturated rings. The largest absolute Gasteiger partial charge is 0.384 e. The number of hydrogen-bond donors (Lipinski definition) is 3. The first kappa shape index (κ1) is 15.1. The maximum absolute atomic E-state index is 13.0. The number of sulfonamides is 1. The molecule has 0 saturated heterocycles. The summed E-state index contributed by atoms with van der Waals surface area (Å²) in [7, 11) is -3.85. The molecule has 0 saturated carbocycles. The number of nitrogen functional groups attached to an aromatic ring is 1. The number of nitrogens with zero attached hydrogens (tertiary/aromatic N) is 1. The van der Waals surface area contributed by atoms with Gasteiger partial charge >= 0.3 is 0 Å². The predicted octanol–water partition coefficient (Wildman–Crippen LogP) is 0.983. The number of aromatic nitrogens is 1. The Bertz CT molecular complexity index is 777. The molecule has 0 amide bonds. The van der Waals surface area contributed by atoms with Crippen molar-refractivity contribution in [3.8, 4) is 0 Å². The second-order valence-corrected chi connectivity index (χ2v) is 6.04. The van der Waals surface area contributed by atoms with Crippen LogP contribution >= 0.6 is 0 Å². The second-order valence-electron chi connectivity index (χ2n) is 4.28. The molecule has 0 unspecified atom stereocenters. The Hall–Kier alpha value is -2.32. The van der Waals surface area contributed by atoms with Crippen molar-refractivity contribution in [3.05, 3.63) is 59.7 Å². The lowest BCUT2D eigenvalue weighted by Crippen LogP contribution is -2.23. The van der Waals surface area contributed by atoms with Crippen molar-refractivity contribution < 1.29 is 12.8 Å². The second kappa shape index (κ2) is 5.98. The van der Waals surface area contributed by atoms with E-state index in [2.05, 4.69) is 9.71 Å². The first-order valence-electron chi connectivity index (χ1n) is 5.92. The van der Waals surface area contributed by atoms with Gasteiger partial charge in [0.2, 0.25) is 10.0 Å². The van der Waals surface area contributed by atoms with E-state index in [1.54, 1.807) is 24.3 Å². The summed E-state index contributed by atoms with van der Waals surface area (Å²) in [6.07, 6.45) is 1.99. The van der Waals surface area contributed by atoms with Crippen molar-refractivity contribution in [3.63, 3.8) is 0 Å². The van der Waals surface area contributed by atoms with Gasteiger partial charge in [0.05, 0.1) is 6.20 Å². The van der Waals surface area contributed by atoms with Crippen molar-refractivity contribution in [1.29, 1.82) is 5.41 Å². The fourth-order valence-corrected chi connectivity index (χ4v) is 2.64. The van der Waals surface area contributed by atoms with Crippen LogP contribution in [0.3, 0.4) is 0 Å². The third kappa shape index (κ3) is 3.83. The minimum absolute atomic E-state index is 0.0000331. The predicted molar refractivity (Wildman–Crippen MR) is 75.7 cm³/mol. The van der Waals surface area contributed by atoms with Crippen molar-refractivity contribution in [1.82, 2.24) is 9.71 Å². The van der Waals surface area contributed by atoms with Gasteiger partial charge in [-0.15, -0.1) is 0 Å². The van der Waals surface area contributed by atoms with Gasteiger partial charge in [-0.25, -0.2) is 17.5 Å². The third-order valence-electron chi connectivity index (χ3n) is 2.69. The number of nitrogens with one attached hydrogen (secondary N) is 2. The summed E-state index contributed by atoms with van der Waals surface area (Å²) in [6.45, 7) is -0.0000331. The maximum Gasteiger partial charge on any atom is 0.242 e. The van der Waals surface area contributed by atoms with Crippen LogP contribution in [0.2, 0.25) is 0 Å². The first-order chi connectivity index (χ1) is 9.88. The number of rotatable bonds is 5. The smallest absolute Gasteiger partial charge is 0.242 e. The van der Waals surface area contributed by atoms with Crippen LogP contribution in [0, 0.1) is 11.2 Å². The molecule has 1 aromatic heterocycles. The van der Waals surface area contributed by atoms with Gasteiger partial charge in [-0.3, -0.25) is 10.4 Å². The Balaban J connectivity index is 2.15. The van der Waals surface area contributed by atoms with Gasteiger partial charge in [0.1, 0.15) is 16.5 Å². The normalized spacial score (nSPS) is 11.3. The van der Waals surface area contributed by atoms with Crippen molar-refractivity contribution in [2.45, 2.75) is 11.4 Å². The van der Waals surface area contributed by atoms with Crippen LogP contribution in [-0.4, -0.2) is 19.2 Å². The fraction of sp³-hybridized carbons (Fsp3) is 0.0769. The molecule has 1 aromatic carbocycles. The number of amidine groups is 1. The minimum Gasteiger partial charge on any atom is -0.384 e. The lowest BCUT2D eigenvalue weighted by Gasteiger charge is -2.07. The minimum atomic E-state index is -3.85. The lowest BCUT2D eigenvalue weighted by atomic mass is 10.1. The molecule has 8 heteroatoms. The molecule has 6 nitrogen and oxygen atoms in total. The summed E-state index contributed by atoms with van der Waals surface area (Å²) >= 11 is 0. The number of halogens is 1. The highest BCUT2D eigenvalue weighted by Crippen LogP contribution is 2.10. The Morgan fingerprint density at radius 1 is 1.33 bits per heavy atom. The Labute approximate surface area is 121 Å². The number of pyridine rings is 1. The zero-order valence-electron chi connectivity index (χ0n) is 10.9. The van der Waals surface area contributed by atoms with Crippen LogP contribution in [0.4, 0.5) is 4.39 Å². The molecule has 0 aliphatic heterocycles. The molecule has 0 spiro atoms. The zero-order chi connectivity index (χ0) is 15.5. The summed E-state index contributed by atoms with van der Waals surface area (Å²) < 4.78 is 39.3. The molecular weight excluding hydrogens is 295 g/mol. The highest BCUT2D eigenvalue weighted by atomic mass is 32.2. The molecular formula is C13H13FN4O2S. The van der Waals surface area contributed by atoms with Crippen LogP contribution in [0.1, 0.15) is 11.1 Å². The van der Waals surface area contributed by atoms with E-state index >= 15 is 0 Å². The number of nitrogens with two attached hydrogens (primary N) is 1. The fourth-order valence-electron chi connectivity index (χ4n) is 1.65. The summed E-state index contributed by atoms with van der Waals surface area (Å²) in [5.74, 6) is -0.828. The average molecular weight is 308 g/mol. The van der Waals surface area contributed by atoms with Crippen LogP contribution in [0.25, 0.3) is 0 Å². The lowest BCUT2D eigenvalue weighted by molar-refractivity contribution is 0.575. The molecule has 2 aromatic rings. The quantitative estimate of drug-likeness (QED) is 0.565. The molecule has 21 heavy (non-hydrogen) atoms. The van der Waals surface area contributed by atoms with Gasteiger partial charge < -0.3 is 5.73 Å². The molecule has 110 valence electrons. The van der Waals surface area contributed by atoms with Crippen LogP contribution in [-0.2, 0) is 16.6 Å². The van der Waals surface area contributed by atoms with E-state index in [4.69, 9.17) is 11.1 Å². The van der Waals surface area contributed by atoms with Crippen LogP contribution < -0.4 is 10.5 Å². The first-order valence-corrected chi connectivity index (χ1v) is 7.40. The summed E-state index contributed by atoms with van der Waals surface area (Å²) in [4.78, 5) is 3.26. The Morgan fingerprint density at radius 3 is 2.76 bits per heavy atom. The van der Waals surface area contributed by atoms with Gasteiger partial charge in [0, 0.05) is 18.3 Å². The van der Waals surface area contributed by atoms with Gasteiger partial charge in [0.25, 0.3) is 0 Å². The molecule has 0 radical (unpaired) electrons. The van der Waals surface area contributed by atoms with E-state index in [-0.39, 0.29) is 17.3 Å². The topological polar surface area (TPSA) is 109 Å². The third-order valence-corrected chi connectivity index (χ3v) is 4.06. The molecule has 0 aliphatic carbocycles. The van der Waals surface area contributed by atoms with Crippen molar-refractivity contribution in [2.75, 3.05) is 0 Å². The van der Waals surface area contributed by atoms with E-state index in [0.29, 0.717) is 11.1 Å². The van der Waals surface area contributed by atoms with Gasteiger partial charge in [0.15, 0.2) is 0 Å². The van der Waals surface area contributed by atoms with E-state index in [0.717, 1.165) is 18.5 Å². The summed E-state index contributed by atoms with van der Waals surface area (Å²) in [6, 6.07) is 7.51. The Kier molecular flexibility index (Phi) is 4.29. The maximum atomic E-state index is 13.0. The molecule has 2 rings (SSSR count). The molecule has 1 heterocycles. The SMILES string of the molecule is N=C(N)c1cccc(CNS(=O)(=O)c2cncc(F)c2)c1. The van der Waals surface area contributed by atoms with Crippen molar-refractivity contribution >= 4 is 15.9 Å². The molecule has 0 aliphatic rings. The molecule has 4 N–H and O–H groups in total. The number of benzene rings is 1. The van der Waals surface area contributed by atoms with E-state index in [1.165, 1.54) is 0 Å². The zero-order valence-corrected chi connectivity index (χ0v) is 11.7. The van der Waals surface area contributed by atoms with E-state index < -0.39 is 15.8 Å². The van der Waals surface area contributed by atoms with E-state index in [1.807, 2.05) is 0 Å². The van der Waals surface area contributed by atoms with E-state index in [9.17, 15) is 12.8 Å². The summed E-state index contributed by atoms with van der Waals surface area (Å²) in [5.41, 5.74) is 6.50. The van der Waals surface area contributed by atoms with Gasteiger partial charge in [-0.1, -0.05) is 18.2 Å². The van der Waals surface area contributed by atoms with Gasteiger partial charge in [-0.2, -0.15) is 0 Å². The van der Waals surface area contributed by atoms with Crippen molar-refractivity contribution in [2.24, 2.45) is 5.73 Å². The average Bonchev–Trinajstić information content (AvgIpc) is 2.45. The highest BCUT2D eigenvalue weighted by Gasteiger charge is 2.15. The summed E-state index contributed by atoms with van der Waals surface area (Å²) in [5, 5.41) is 7.33. The monoisotopic (exact) mass is 308 g/mol. The number of hydrogen-bond acceptors (Lipinski definition) is 4. The molecule has 0 bridgehead atoms. The molecule has 0 atom stereocenters. The van der Waals surface area contributed by atoms with Gasteiger partial charge in [-0.05, 0) is 17.7 Å². The Morgan fingerprint density at radius 2 is 2.10 bits per heavy atom. The standard InChI is InChI=1S/C13H13FN4O2S/c14-11-5-12(8-17-7-11)21(19,20)18-6-9-2-1-3-10(4-9)13(15)16/h1-5,7-8,18H,6H2,(H3,15,16). The highest BCUT2D eigenvalue weighted by molar-refractivity contribution is 7.89.